The van der Waals surface area contributed by atoms with Gasteiger partial charge in [-0.3, -0.25) is 14.9 Å². The van der Waals surface area contributed by atoms with E-state index in [1.54, 1.807) is 12.1 Å². The van der Waals surface area contributed by atoms with Crippen LogP contribution >= 0.6 is 23.2 Å². The topological polar surface area (TPSA) is 84.5 Å². The first-order chi connectivity index (χ1) is 10.4. The minimum Gasteiger partial charge on any atom is -0.455 e. The maximum absolute atomic E-state index is 11.6. The molecule has 6 nitrogen and oxygen atoms in total. The normalized spacial score (nSPS) is 9.73. The molecular weight excluding hydrogens is 331 g/mol. The largest absolute Gasteiger partial charge is 0.455 e. The zero-order valence-corrected chi connectivity index (χ0v) is 13.0. The van der Waals surface area contributed by atoms with Crippen LogP contribution in [0.3, 0.4) is 0 Å². The first-order valence-electron chi connectivity index (χ1n) is 6.20. The molecular formula is C14H14Cl2N2O4. The summed E-state index contributed by atoms with van der Waals surface area (Å²) in [5.74, 6) is -1.39. The van der Waals surface area contributed by atoms with Crippen molar-refractivity contribution in [3.05, 3.63) is 46.5 Å². The highest BCUT2D eigenvalue weighted by molar-refractivity contribution is 6.35. The van der Waals surface area contributed by atoms with Crippen LogP contribution in [-0.4, -0.2) is 31.1 Å². The van der Waals surface area contributed by atoms with E-state index in [9.17, 15) is 14.4 Å². The van der Waals surface area contributed by atoms with Crippen LogP contribution in [0.2, 0.25) is 10.0 Å². The summed E-state index contributed by atoms with van der Waals surface area (Å²) in [5.41, 5.74) is 0.528. The summed E-state index contributed by atoms with van der Waals surface area (Å²) in [5, 5.41) is 5.12. The number of esters is 1. The highest BCUT2D eigenvalue weighted by atomic mass is 35.5. The maximum Gasteiger partial charge on any atom is 0.321 e. The molecule has 0 saturated heterocycles. The van der Waals surface area contributed by atoms with E-state index >= 15 is 0 Å². The number of rotatable bonds is 6. The SMILES string of the molecule is C=CCNC(=O)NC(=O)COC(=O)Cc1ccc(Cl)cc1Cl. The van der Waals surface area contributed by atoms with Gasteiger partial charge in [-0.1, -0.05) is 35.3 Å². The van der Waals surface area contributed by atoms with E-state index in [1.165, 1.54) is 12.1 Å². The molecule has 0 aliphatic rings. The molecule has 0 saturated carbocycles. The molecule has 1 aromatic rings. The Kier molecular flexibility index (Phi) is 7.42. The van der Waals surface area contributed by atoms with Crippen LogP contribution in [0, 0.1) is 0 Å². The molecule has 0 radical (unpaired) electrons. The Morgan fingerprint density at radius 1 is 1.27 bits per heavy atom. The summed E-state index contributed by atoms with van der Waals surface area (Å²) < 4.78 is 4.76. The molecule has 0 spiro atoms. The van der Waals surface area contributed by atoms with Crippen LogP contribution in [0.15, 0.2) is 30.9 Å². The molecule has 22 heavy (non-hydrogen) atoms. The van der Waals surface area contributed by atoms with Crippen molar-refractivity contribution in [2.45, 2.75) is 6.42 Å². The predicted octanol–water partition coefficient (Wildman–Crippen LogP) is 2.09. The van der Waals surface area contributed by atoms with Crippen molar-refractivity contribution in [1.82, 2.24) is 10.6 Å². The number of urea groups is 1. The Bertz CT molecular complexity index is 590. The van der Waals surface area contributed by atoms with Crippen molar-refractivity contribution in [3.8, 4) is 0 Å². The standard InChI is InChI=1S/C14H14Cl2N2O4/c1-2-5-17-14(21)18-12(19)8-22-13(20)6-9-3-4-10(15)7-11(9)16/h2-4,7H,1,5-6,8H2,(H2,17,18,19,21). The second-order valence-electron chi connectivity index (χ2n) is 4.12. The zero-order chi connectivity index (χ0) is 16.5. The number of hydrogen-bond acceptors (Lipinski definition) is 4. The van der Waals surface area contributed by atoms with Gasteiger partial charge >= 0.3 is 12.0 Å². The Morgan fingerprint density at radius 3 is 2.64 bits per heavy atom. The molecule has 1 rings (SSSR count). The third-order valence-electron chi connectivity index (χ3n) is 2.37. The van der Waals surface area contributed by atoms with Gasteiger partial charge in [-0.25, -0.2) is 4.79 Å². The van der Waals surface area contributed by atoms with Crippen LogP contribution in [-0.2, 0) is 20.7 Å². The fourth-order valence-electron chi connectivity index (χ4n) is 1.39. The van der Waals surface area contributed by atoms with Crippen LogP contribution in [0.5, 0.6) is 0 Å². The number of amides is 3. The van der Waals surface area contributed by atoms with Crippen molar-refractivity contribution >= 4 is 41.1 Å². The average Bonchev–Trinajstić information content (AvgIpc) is 2.46. The molecule has 0 aromatic heterocycles. The molecule has 8 heteroatoms. The smallest absolute Gasteiger partial charge is 0.321 e. The van der Waals surface area contributed by atoms with Gasteiger partial charge in [0.25, 0.3) is 5.91 Å². The molecule has 0 heterocycles. The van der Waals surface area contributed by atoms with Gasteiger partial charge < -0.3 is 10.1 Å². The lowest BCUT2D eigenvalue weighted by molar-refractivity contribution is -0.147. The van der Waals surface area contributed by atoms with Gasteiger partial charge in [0.1, 0.15) is 0 Å². The molecule has 3 amide bonds. The molecule has 0 fully saturated rings. The number of ether oxygens (including phenoxy) is 1. The van der Waals surface area contributed by atoms with Gasteiger partial charge in [0.2, 0.25) is 0 Å². The van der Waals surface area contributed by atoms with Crippen molar-refractivity contribution in [1.29, 1.82) is 0 Å². The summed E-state index contributed by atoms with van der Waals surface area (Å²) in [6.07, 6.45) is 1.35. The van der Waals surface area contributed by atoms with E-state index in [0.29, 0.717) is 15.6 Å². The average molecular weight is 345 g/mol. The molecule has 0 atom stereocenters. The quantitative estimate of drug-likeness (QED) is 0.611. The van der Waals surface area contributed by atoms with E-state index in [4.69, 9.17) is 27.9 Å². The van der Waals surface area contributed by atoms with Crippen molar-refractivity contribution in [3.63, 3.8) is 0 Å². The lowest BCUT2D eigenvalue weighted by Gasteiger charge is -2.07. The van der Waals surface area contributed by atoms with Crippen LogP contribution in [0.25, 0.3) is 0 Å². The second kappa shape index (κ2) is 9.07. The van der Waals surface area contributed by atoms with Crippen LogP contribution < -0.4 is 10.6 Å². The summed E-state index contributed by atoms with van der Waals surface area (Å²) >= 11 is 11.7. The van der Waals surface area contributed by atoms with E-state index in [2.05, 4.69) is 11.9 Å². The molecule has 0 unspecified atom stereocenters. The Balaban J connectivity index is 2.38. The summed E-state index contributed by atoms with van der Waals surface area (Å²) in [4.78, 5) is 34.1. The van der Waals surface area contributed by atoms with Gasteiger partial charge in [0.15, 0.2) is 6.61 Å². The number of carbonyl (C=O) groups is 3. The minimum absolute atomic E-state index is 0.105. The van der Waals surface area contributed by atoms with Crippen molar-refractivity contribution < 1.29 is 19.1 Å². The third-order valence-corrected chi connectivity index (χ3v) is 2.96. The van der Waals surface area contributed by atoms with Gasteiger partial charge in [-0.15, -0.1) is 6.58 Å². The van der Waals surface area contributed by atoms with Gasteiger partial charge in [0.05, 0.1) is 6.42 Å². The molecule has 0 aliphatic heterocycles. The summed E-state index contributed by atoms with van der Waals surface area (Å²) in [7, 11) is 0. The number of benzene rings is 1. The molecule has 2 N–H and O–H groups in total. The monoisotopic (exact) mass is 344 g/mol. The second-order valence-corrected chi connectivity index (χ2v) is 4.96. The Labute approximate surface area is 137 Å². The number of nitrogens with one attached hydrogen (secondary N) is 2. The van der Waals surface area contributed by atoms with Crippen molar-refractivity contribution in [2.75, 3.05) is 13.2 Å². The van der Waals surface area contributed by atoms with E-state index in [0.717, 1.165) is 0 Å². The maximum atomic E-state index is 11.6. The molecule has 118 valence electrons. The first-order valence-corrected chi connectivity index (χ1v) is 6.96. The van der Waals surface area contributed by atoms with Crippen LogP contribution in [0.1, 0.15) is 5.56 Å². The third kappa shape index (κ3) is 6.60. The lowest BCUT2D eigenvalue weighted by Crippen LogP contribution is -2.41. The number of imide groups is 1. The van der Waals surface area contributed by atoms with E-state index < -0.39 is 24.5 Å². The first kappa shape index (κ1) is 18.0. The van der Waals surface area contributed by atoms with E-state index in [1.807, 2.05) is 5.32 Å². The fraction of sp³-hybridized carbons (Fsp3) is 0.214. The molecule has 0 bridgehead atoms. The Morgan fingerprint density at radius 2 is 2.00 bits per heavy atom. The lowest BCUT2D eigenvalue weighted by atomic mass is 10.1. The fourth-order valence-corrected chi connectivity index (χ4v) is 1.86. The molecule has 1 aromatic carbocycles. The minimum atomic E-state index is -0.739. The Hall–Kier alpha value is -2.05. The van der Waals surface area contributed by atoms with Gasteiger partial charge in [-0.05, 0) is 17.7 Å². The number of carbonyl (C=O) groups excluding carboxylic acids is 3. The summed E-state index contributed by atoms with van der Waals surface area (Å²) in [6, 6.07) is 3.99. The highest BCUT2D eigenvalue weighted by Crippen LogP contribution is 2.21. The number of hydrogen-bond donors (Lipinski definition) is 2. The van der Waals surface area contributed by atoms with E-state index in [-0.39, 0.29) is 13.0 Å². The van der Waals surface area contributed by atoms with Crippen molar-refractivity contribution in [2.24, 2.45) is 0 Å². The highest BCUT2D eigenvalue weighted by Gasteiger charge is 2.12. The predicted molar refractivity (Wildman–Crippen MR) is 82.9 cm³/mol. The van der Waals surface area contributed by atoms with Crippen LogP contribution in [0.4, 0.5) is 4.79 Å². The van der Waals surface area contributed by atoms with Gasteiger partial charge in [-0.2, -0.15) is 0 Å². The van der Waals surface area contributed by atoms with Gasteiger partial charge in [0, 0.05) is 16.6 Å². The molecule has 0 aliphatic carbocycles. The summed E-state index contributed by atoms with van der Waals surface area (Å²) in [6.45, 7) is 3.06. The zero-order valence-electron chi connectivity index (χ0n) is 11.5. The number of halogens is 2.